The highest BCUT2D eigenvalue weighted by Crippen LogP contribution is 2.22. The normalized spacial score (nSPS) is 12.8. The standard InChI is InChI=1S/C11H16ClP/c1-2-10(8-13)11-5-3-9(7-12)4-6-11/h3-6,10H,2,7-8,13H2,1H3. The highest BCUT2D eigenvalue weighted by molar-refractivity contribution is 7.16. The molecule has 13 heavy (non-hydrogen) atoms. The second-order valence-electron chi connectivity index (χ2n) is 3.22. The Morgan fingerprint density at radius 3 is 2.31 bits per heavy atom. The summed E-state index contributed by atoms with van der Waals surface area (Å²) in [5.74, 6) is 1.28. The van der Waals surface area contributed by atoms with E-state index in [4.69, 9.17) is 11.6 Å². The zero-order valence-corrected chi connectivity index (χ0v) is 9.87. The molecule has 0 aliphatic heterocycles. The maximum absolute atomic E-state index is 5.72. The Balaban J connectivity index is 2.78. The third kappa shape index (κ3) is 2.97. The monoisotopic (exact) mass is 214 g/mol. The number of alkyl halides is 1. The Hall–Kier alpha value is -0.0600. The van der Waals surface area contributed by atoms with Gasteiger partial charge in [0.15, 0.2) is 0 Å². The van der Waals surface area contributed by atoms with Crippen molar-refractivity contribution in [1.82, 2.24) is 0 Å². The van der Waals surface area contributed by atoms with Gasteiger partial charge in [0.05, 0.1) is 0 Å². The van der Waals surface area contributed by atoms with Gasteiger partial charge in [-0.15, -0.1) is 20.8 Å². The van der Waals surface area contributed by atoms with E-state index in [1.807, 2.05) is 0 Å². The van der Waals surface area contributed by atoms with Crippen LogP contribution in [0.3, 0.4) is 0 Å². The Kier molecular flexibility index (Phi) is 4.77. The largest absolute Gasteiger partial charge is 0.137 e. The van der Waals surface area contributed by atoms with Crippen molar-refractivity contribution in [3.05, 3.63) is 35.4 Å². The molecule has 0 bridgehead atoms. The van der Waals surface area contributed by atoms with Crippen molar-refractivity contribution in [3.63, 3.8) is 0 Å². The highest BCUT2D eigenvalue weighted by atomic mass is 35.5. The molecule has 1 aromatic carbocycles. The van der Waals surface area contributed by atoms with Crippen LogP contribution < -0.4 is 0 Å². The summed E-state index contributed by atoms with van der Waals surface area (Å²) in [7, 11) is 2.81. The highest BCUT2D eigenvalue weighted by Gasteiger charge is 2.05. The molecular formula is C11H16ClP. The molecule has 0 fully saturated rings. The summed E-state index contributed by atoms with van der Waals surface area (Å²) >= 11 is 5.72. The predicted molar refractivity (Wildman–Crippen MR) is 63.6 cm³/mol. The lowest BCUT2D eigenvalue weighted by Gasteiger charge is -2.12. The molecule has 0 heterocycles. The number of halogens is 1. The smallest absolute Gasteiger partial charge is 0.0474 e. The van der Waals surface area contributed by atoms with Gasteiger partial charge in [-0.1, -0.05) is 31.2 Å². The zero-order chi connectivity index (χ0) is 9.68. The van der Waals surface area contributed by atoms with Crippen molar-refractivity contribution in [1.29, 1.82) is 0 Å². The molecule has 0 saturated heterocycles. The third-order valence-electron chi connectivity index (χ3n) is 2.38. The van der Waals surface area contributed by atoms with Crippen LogP contribution in [0, 0.1) is 0 Å². The van der Waals surface area contributed by atoms with E-state index in [0.717, 1.165) is 6.16 Å². The average Bonchev–Trinajstić information content (AvgIpc) is 2.21. The Morgan fingerprint density at radius 1 is 1.31 bits per heavy atom. The van der Waals surface area contributed by atoms with Gasteiger partial charge < -0.3 is 0 Å². The van der Waals surface area contributed by atoms with E-state index < -0.39 is 0 Å². The lowest BCUT2D eigenvalue weighted by atomic mass is 9.98. The van der Waals surface area contributed by atoms with E-state index in [9.17, 15) is 0 Å². The lowest BCUT2D eigenvalue weighted by molar-refractivity contribution is 0.744. The molecule has 72 valence electrons. The Labute approximate surface area is 87.9 Å². The maximum Gasteiger partial charge on any atom is 0.0474 e. The second-order valence-corrected chi connectivity index (χ2v) is 3.95. The van der Waals surface area contributed by atoms with Crippen LogP contribution >= 0.6 is 20.8 Å². The maximum atomic E-state index is 5.72. The number of benzene rings is 1. The average molecular weight is 215 g/mol. The van der Waals surface area contributed by atoms with Crippen molar-refractivity contribution in [3.8, 4) is 0 Å². The first-order valence-electron chi connectivity index (χ1n) is 4.66. The van der Waals surface area contributed by atoms with Gasteiger partial charge in [0.25, 0.3) is 0 Å². The molecule has 0 saturated carbocycles. The molecule has 0 aliphatic rings. The molecule has 0 nitrogen and oxygen atoms in total. The second kappa shape index (κ2) is 5.62. The Bertz CT molecular complexity index is 239. The van der Waals surface area contributed by atoms with Crippen molar-refractivity contribution in [2.24, 2.45) is 0 Å². The number of rotatable bonds is 4. The van der Waals surface area contributed by atoms with Gasteiger partial charge in [0.1, 0.15) is 0 Å². The van der Waals surface area contributed by atoms with Gasteiger partial charge in [-0.3, -0.25) is 0 Å². The van der Waals surface area contributed by atoms with Crippen LogP contribution in [0.2, 0.25) is 0 Å². The van der Waals surface area contributed by atoms with Gasteiger partial charge >= 0.3 is 0 Å². The molecule has 2 unspecified atom stereocenters. The van der Waals surface area contributed by atoms with Crippen LogP contribution in [0.5, 0.6) is 0 Å². The minimum absolute atomic E-state index is 0.609. The summed E-state index contributed by atoms with van der Waals surface area (Å²) in [6.07, 6.45) is 2.33. The molecule has 0 spiro atoms. The first kappa shape index (κ1) is 11.0. The first-order valence-corrected chi connectivity index (χ1v) is 6.01. The fourth-order valence-corrected chi connectivity index (χ4v) is 2.20. The van der Waals surface area contributed by atoms with Crippen LogP contribution in [0.15, 0.2) is 24.3 Å². The number of hydrogen-bond donors (Lipinski definition) is 0. The summed E-state index contributed by atoms with van der Waals surface area (Å²) in [6, 6.07) is 8.61. The van der Waals surface area contributed by atoms with Crippen molar-refractivity contribution in [2.45, 2.75) is 25.1 Å². The van der Waals surface area contributed by atoms with Gasteiger partial charge in [0, 0.05) is 5.88 Å². The zero-order valence-electron chi connectivity index (χ0n) is 7.96. The van der Waals surface area contributed by atoms with Gasteiger partial charge in [-0.25, -0.2) is 0 Å². The van der Waals surface area contributed by atoms with E-state index in [-0.39, 0.29) is 0 Å². The molecule has 0 N–H and O–H groups in total. The lowest BCUT2D eigenvalue weighted by Crippen LogP contribution is -1.98. The summed E-state index contributed by atoms with van der Waals surface area (Å²) in [5, 5.41) is 0. The molecular weight excluding hydrogens is 199 g/mol. The van der Waals surface area contributed by atoms with Crippen LogP contribution in [-0.4, -0.2) is 6.16 Å². The molecule has 0 aromatic heterocycles. The van der Waals surface area contributed by atoms with E-state index in [0.29, 0.717) is 11.8 Å². The molecule has 2 atom stereocenters. The van der Waals surface area contributed by atoms with E-state index in [2.05, 4.69) is 40.4 Å². The molecule has 1 aromatic rings. The van der Waals surface area contributed by atoms with Gasteiger partial charge in [-0.05, 0) is 29.6 Å². The fourth-order valence-electron chi connectivity index (χ4n) is 1.42. The van der Waals surface area contributed by atoms with E-state index >= 15 is 0 Å². The SMILES string of the molecule is CCC(CP)c1ccc(CCl)cc1. The van der Waals surface area contributed by atoms with E-state index in [1.54, 1.807) is 0 Å². The number of hydrogen-bond acceptors (Lipinski definition) is 0. The summed E-state index contributed by atoms with van der Waals surface area (Å²) < 4.78 is 0. The molecule has 0 aliphatic carbocycles. The topological polar surface area (TPSA) is 0 Å². The van der Waals surface area contributed by atoms with Crippen LogP contribution in [0.4, 0.5) is 0 Å². The molecule has 2 heteroatoms. The minimum Gasteiger partial charge on any atom is -0.137 e. The minimum atomic E-state index is 0.609. The van der Waals surface area contributed by atoms with Crippen LogP contribution in [0.25, 0.3) is 0 Å². The summed E-state index contributed by atoms with van der Waals surface area (Å²) in [6.45, 7) is 2.23. The Morgan fingerprint density at radius 2 is 1.92 bits per heavy atom. The van der Waals surface area contributed by atoms with Crippen molar-refractivity contribution in [2.75, 3.05) is 6.16 Å². The summed E-state index contributed by atoms with van der Waals surface area (Å²) in [4.78, 5) is 0. The van der Waals surface area contributed by atoms with Gasteiger partial charge in [-0.2, -0.15) is 0 Å². The predicted octanol–water partition coefficient (Wildman–Crippen LogP) is 3.79. The third-order valence-corrected chi connectivity index (χ3v) is 3.26. The summed E-state index contributed by atoms with van der Waals surface area (Å²) in [5.41, 5.74) is 2.62. The van der Waals surface area contributed by atoms with Crippen molar-refractivity contribution < 1.29 is 0 Å². The molecule has 1 rings (SSSR count). The fraction of sp³-hybridized carbons (Fsp3) is 0.455. The van der Waals surface area contributed by atoms with Crippen LogP contribution in [-0.2, 0) is 5.88 Å². The van der Waals surface area contributed by atoms with Gasteiger partial charge in [0.2, 0.25) is 0 Å². The van der Waals surface area contributed by atoms with Crippen molar-refractivity contribution >= 4 is 20.8 Å². The molecule has 0 radical (unpaired) electrons. The van der Waals surface area contributed by atoms with E-state index in [1.165, 1.54) is 17.5 Å². The quantitative estimate of drug-likeness (QED) is 0.529. The first-order chi connectivity index (χ1) is 6.31. The molecule has 0 amide bonds. The van der Waals surface area contributed by atoms with Crippen LogP contribution in [0.1, 0.15) is 30.4 Å².